The Bertz CT molecular complexity index is 276. The van der Waals surface area contributed by atoms with E-state index in [1.165, 1.54) is 0 Å². The number of nitrogens with one attached hydrogen (secondary N) is 1. The molecule has 0 saturated carbocycles. The summed E-state index contributed by atoms with van der Waals surface area (Å²) >= 11 is 0. The number of likely N-dealkylation sites (tertiary alicyclic amines) is 1. The Kier molecular flexibility index (Phi) is 5.56. The average molecular weight is 257 g/mol. The van der Waals surface area contributed by atoms with Crippen LogP contribution in [0, 0.1) is 0 Å². The lowest BCUT2D eigenvalue weighted by Gasteiger charge is -2.28. The zero-order valence-corrected chi connectivity index (χ0v) is 12.0. The maximum Gasteiger partial charge on any atom is 0.222 e. The molecule has 1 saturated heterocycles. The van der Waals surface area contributed by atoms with Crippen molar-refractivity contribution < 1.29 is 9.53 Å². The fourth-order valence-corrected chi connectivity index (χ4v) is 2.32. The second-order valence-electron chi connectivity index (χ2n) is 6.03. The van der Waals surface area contributed by atoms with E-state index in [4.69, 9.17) is 10.5 Å². The molecule has 18 heavy (non-hydrogen) atoms. The number of rotatable bonds is 5. The third kappa shape index (κ3) is 4.92. The molecule has 2 unspecified atom stereocenters. The van der Waals surface area contributed by atoms with Gasteiger partial charge in [0.25, 0.3) is 0 Å². The Morgan fingerprint density at radius 1 is 1.56 bits per heavy atom. The lowest BCUT2D eigenvalue weighted by molar-refractivity contribution is -0.123. The third-order valence-corrected chi connectivity index (χ3v) is 3.23. The Labute approximate surface area is 110 Å². The summed E-state index contributed by atoms with van der Waals surface area (Å²) in [6.07, 6.45) is 1.77. The Morgan fingerprint density at radius 2 is 2.22 bits per heavy atom. The monoisotopic (exact) mass is 257 g/mol. The molecule has 0 spiro atoms. The predicted octanol–water partition coefficient (Wildman–Crippen LogP) is 0.339. The van der Waals surface area contributed by atoms with Crippen LogP contribution in [0.2, 0.25) is 0 Å². The summed E-state index contributed by atoms with van der Waals surface area (Å²) in [5, 5.41) is 2.98. The number of amides is 1. The molecular weight excluding hydrogens is 230 g/mol. The molecule has 5 nitrogen and oxygen atoms in total. The molecule has 1 amide bonds. The zero-order valence-electron chi connectivity index (χ0n) is 12.0. The largest absolute Gasteiger partial charge is 0.380 e. The van der Waals surface area contributed by atoms with Crippen LogP contribution in [0.1, 0.15) is 33.6 Å². The van der Waals surface area contributed by atoms with Crippen molar-refractivity contribution in [1.29, 1.82) is 0 Å². The molecule has 1 heterocycles. The van der Waals surface area contributed by atoms with E-state index in [2.05, 4.69) is 10.2 Å². The van der Waals surface area contributed by atoms with E-state index in [-0.39, 0.29) is 23.6 Å². The first-order chi connectivity index (χ1) is 8.35. The molecule has 106 valence electrons. The Hall–Kier alpha value is -0.650. The first kappa shape index (κ1) is 15.4. The number of hydrogen-bond acceptors (Lipinski definition) is 4. The molecule has 3 N–H and O–H groups in total. The van der Waals surface area contributed by atoms with Crippen LogP contribution in [0.25, 0.3) is 0 Å². The van der Waals surface area contributed by atoms with Crippen LogP contribution >= 0.6 is 0 Å². The molecule has 1 rings (SSSR count). The van der Waals surface area contributed by atoms with E-state index >= 15 is 0 Å². The minimum Gasteiger partial charge on any atom is -0.380 e. The number of nitrogens with zero attached hydrogens (tertiary/aromatic N) is 1. The number of carbonyl (C=O) groups excluding carboxylic acids is 1. The minimum atomic E-state index is -0.184. The van der Waals surface area contributed by atoms with Crippen LogP contribution < -0.4 is 11.1 Å². The van der Waals surface area contributed by atoms with Crippen molar-refractivity contribution in [1.82, 2.24) is 10.2 Å². The highest BCUT2D eigenvalue weighted by atomic mass is 16.5. The number of hydrogen-bond donors (Lipinski definition) is 2. The summed E-state index contributed by atoms with van der Waals surface area (Å²) in [4.78, 5) is 14.2. The fraction of sp³-hybridized carbons (Fsp3) is 0.923. The third-order valence-electron chi connectivity index (χ3n) is 3.23. The molecule has 0 radical (unpaired) electrons. The molecule has 1 aliphatic heterocycles. The standard InChI is InChI=1S/C13H27N3O2/c1-13(2,3)15-12(17)7-10(8-14)16-6-5-11(9-16)18-4/h10-11H,5-9,14H2,1-4H3,(H,15,17). The van der Waals surface area contributed by atoms with Gasteiger partial charge in [0, 0.05) is 44.7 Å². The maximum atomic E-state index is 11.9. The average Bonchev–Trinajstić information content (AvgIpc) is 2.71. The molecule has 1 fully saturated rings. The fourth-order valence-electron chi connectivity index (χ4n) is 2.32. The normalized spacial score (nSPS) is 23.1. The summed E-state index contributed by atoms with van der Waals surface area (Å²) in [5.74, 6) is 0.0683. The second kappa shape index (κ2) is 6.50. The van der Waals surface area contributed by atoms with Gasteiger partial charge >= 0.3 is 0 Å². The van der Waals surface area contributed by atoms with Crippen LogP contribution in [0.3, 0.4) is 0 Å². The first-order valence-electron chi connectivity index (χ1n) is 6.63. The van der Waals surface area contributed by atoms with Crippen LogP contribution in [-0.4, -0.2) is 55.2 Å². The molecule has 0 aromatic heterocycles. The van der Waals surface area contributed by atoms with Crippen molar-refractivity contribution in [3.63, 3.8) is 0 Å². The van der Waals surface area contributed by atoms with Gasteiger partial charge in [0.1, 0.15) is 0 Å². The molecule has 2 atom stereocenters. The highest BCUT2D eigenvalue weighted by Gasteiger charge is 2.29. The van der Waals surface area contributed by atoms with Gasteiger partial charge in [0.2, 0.25) is 5.91 Å². The smallest absolute Gasteiger partial charge is 0.222 e. The predicted molar refractivity (Wildman–Crippen MR) is 72.3 cm³/mol. The van der Waals surface area contributed by atoms with Crippen molar-refractivity contribution in [3.05, 3.63) is 0 Å². The highest BCUT2D eigenvalue weighted by molar-refractivity contribution is 5.77. The molecule has 1 aliphatic rings. The second-order valence-corrected chi connectivity index (χ2v) is 6.03. The SMILES string of the molecule is COC1CCN(C(CN)CC(=O)NC(C)(C)C)C1. The van der Waals surface area contributed by atoms with E-state index in [0.717, 1.165) is 19.5 Å². The topological polar surface area (TPSA) is 67.6 Å². The van der Waals surface area contributed by atoms with E-state index in [0.29, 0.717) is 13.0 Å². The van der Waals surface area contributed by atoms with Gasteiger partial charge in [-0.15, -0.1) is 0 Å². The highest BCUT2D eigenvalue weighted by Crippen LogP contribution is 2.16. The summed E-state index contributed by atoms with van der Waals surface area (Å²) in [6, 6.07) is 0.118. The van der Waals surface area contributed by atoms with Gasteiger partial charge in [0.15, 0.2) is 0 Å². The van der Waals surface area contributed by atoms with E-state index < -0.39 is 0 Å². The molecular formula is C13H27N3O2. The van der Waals surface area contributed by atoms with Crippen molar-refractivity contribution in [2.45, 2.75) is 51.3 Å². The number of nitrogens with two attached hydrogens (primary N) is 1. The first-order valence-corrected chi connectivity index (χ1v) is 6.63. The van der Waals surface area contributed by atoms with E-state index in [1.54, 1.807) is 7.11 Å². The van der Waals surface area contributed by atoms with Gasteiger partial charge in [-0.1, -0.05) is 0 Å². The number of carbonyl (C=O) groups is 1. The summed E-state index contributed by atoms with van der Waals surface area (Å²) in [7, 11) is 1.73. The molecule has 0 aromatic carbocycles. The van der Waals surface area contributed by atoms with Crippen molar-refractivity contribution >= 4 is 5.91 Å². The quantitative estimate of drug-likeness (QED) is 0.745. The molecule has 0 aromatic rings. The number of ether oxygens (including phenoxy) is 1. The van der Waals surface area contributed by atoms with E-state index in [1.807, 2.05) is 20.8 Å². The molecule has 0 aliphatic carbocycles. The van der Waals surface area contributed by atoms with Crippen LogP contribution in [0.4, 0.5) is 0 Å². The van der Waals surface area contributed by atoms with Gasteiger partial charge in [-0.3, -0.25) is 9.69 Å². The Morgan fingerprint density at radius 3 is 2.67 bits per heavy atom. The lowest BCUT2D eigenvalue weighted by atomic mass is 10.1. The summed E-state index contributed by atoms with van der Waals surface area (Å²) in [5.41, 5.74) is 5.60. The van der Waals surface area contributed by atoms with Crippen LogP contribution in [0.5, 0.6) is 0 Å². The Balaban J connectivity index is 2.45. The van der Waals surface area contributed by atoms with E-state index in [9.17, 15) is 4.79 Å². The zero-order chi connectivity index (χ0) is 13.8. The molecule has 0 bridgehead atoms. The van der Waals surface area contributed by atoms with Crippen molar-refractivity contribution in [2.75, 3.05) is 26.7 Å². The maximum absolute atomic E-state index is 11.9. The lowest BCUT2D eigenvalue weighted by Crippen LogP contribution is -2.47. The summed E-state index contributed by atoms with van der Waals surface area (Å²) in [6.45, 7) is 8.30. The van der Waals surface area contributed by atoms with Crippen LogP contribution in [-0.2, 0) is 9.53 Å². The van der Waals surface area contributed by atoms with Crippen molar-refractivity contribution in [2.24, 2.45) is 5.73 Å². The number of methoxy groups -OCH3 is 1. The minimum absolute atomic E-state index is 0.0683. The van der Waals surface area contributed by atoms with Crippen molar-refractivity contribution in [3.8, 4) is 0 Å². The van der Waals surface area contributed by atoms with Crippen LogP contribution in [0.15, 0.2) is 0 Å². The van der Waals surface area contributed by atoms with Gasteiger partial charge in [-0.05, 0) is 27.2 Å². The van der Waals surface area contributed by atoms with Gasteiger partial charge < -0.3 is 15.8 Å². The van der Waals surface area contributed by atoms with Gasteiger partial charge in [-0.25, -0.2) is 0 Å². The van der Waals surface area contributed by atoms with Gasteiger partial charge in [-0.2, -0.15) is 0 Å². The summed E-state index contributed by atoms with van der Waals surface area (Å²) < 4.78 is 5.34. The van der Waals surface area contributed by atoms with Gasteiger partial charge in [0.05, 0.1) is 6.10 Å². The molecule has 5 heteroatoms.